The highest BCUT2D eigenvalue weighted by molar-refractivity contribution is 7.99. The van der Waals surface area contributed by atoms with E-state index in [0.29, 0.717) is 17.4 Å². The minimum Gasteiger partial charge on any atom is -0.497 e. The van der Waals surface area contributed by atoms with Crippen molar-refractivity contribution in [3.05, 3.63) is 54.1 Å². The smallest absolute Gasteiger partial charge is 0.235 e. The molecular weight excluding hydrogens is 426 g/mol. The molecular formula is C22H23N7O2S. The number of hydrogen-bond donors (Lipinski definition) is 1. The topological polar surface area (TPSA) is 107 Å². The molecule has 10 heteroatoms. The number of rotatable bonds is 6. The van der Waals surface area contributed by atoms with Crippen LogP contribution in [0.25, 0.3) is 0 Å². The summed E-state index contributed by atoms with van der Waals surface area (Å²) in [6.07, 6.45) is 0.708. The summed E-state index contributed by atoms with van der Waals surface area (Å²) in [5, 5.41) is 14.9. The summed E-state index contributed by atoms with van der Waals surface area (Å²) in [7, 11) is 3.36. The Kier molecular flexibility index (Phi) is 6.60. The average Bonchev–Trinajstić information content (AvgIpc) is 3.15. The minimum atomic E-state index is -0.288. The molecule has 0 aliphatic carbocycles. The lowest BCUT2D eigenvalue weighted by Crippen LogP contribution is -2.38. The van der Waals surface area contributed by atoms with Crippen LogP contribution in [0.5, 0.6) is 5.75 Å². The fraction of sp³-hybridized carbons (Fsp3) is 0.273. The normalized spacial score (nSPS) is 15.3. The third-order valence-corrected chi connectivity index (χ3v) is 6.00. The zero-order valence-corrected chi connectivity index (χ0v) is 18.8. The van der Waals surface area contributed by atoms with E-state index in [4.69, 9.17) is 14.7 Å². The van der Waals surface area contributed by atoms with E-state index in [2.05, 4.69) is 27.8 Å². The van der Waals surface area contributed by atoms with Gasteiger partial charge in [0.15, 0.2) is 0 Å². The first-order valence-corrected chi connectivity index (χ1v) is 11.1. The third-order valence-electron chi connectivity index (χ3n) is 4.99. The molecule has 3 aromatic rings. The first-order chi connectivity index (χ1) is 15.6. The Morgan fingerprint density at radius 1 is 1.12 bits per heavy atom. The number of hydrogen-bond acceptors (Lipinski definition) is 8. The van der Waals surface area contributed by atoms with Crippen molar-refractivity contribution < 1.29 is 9.53 Å². The van der Waals surface area contributed by atoms with Gasteiger partial charge in [0.2, 0.25) is 11.1 Å². The number of carbonyl (C=O) groups excluding carboxylic acids is 1. The monoisotopic (exact) mass is 449 g/mol. The first kappa shape index (κ1) is 21.7. The van der Waals surface area contributed by atoms with Crippen molar-refractivity contribution in [3.63, 3.8) is 0 Å². The average molecular weight is 450 g/mol. The lowest BCUT2D eigenvalue weighted by atomic mass is 9.91. The number of para-hydroxylation sites is 2. The van der Waals surface area contributed by atoms with Gasteiger partial charge in [-0.15, -0.1) is 5.10 Å². The van der Waals surface area contributed by atoms with Crippen LogP contribution in [0.2, 0.25) is 0 Å². The summed E-state index contributed by atoms with van der Waals surface area (Å²) in [6.45, 7) is 2.06. The van der Waals surface area contributed by atoms with Gasteiger partial charge >= 0.3 is 0 Å². The van der Waals surface area contributed by atoms with Gasteiger partial charge in [0, 0.05) is 12.8 Å². The molecule has 0 saturated heterocycles. The number of aromatic nitrogens is 4. The summed E-state index contributed by atoms with van der Waals surface area (Å²) in [5.74, 6) is 0.983. The van der Waals surface area contributed by atoms with E-state index < -0.39 is 0 Å². The quantitative estimate of drug-likeness (QED) is 0.578. The molecule has 1 aliphatic heterocycles. The highest BCUT2D eigenvalue weighted by Gasteiger charge is 2.28. The van der Waals surface area contributed by atoms with Crippen LogP contribution in [0.4, 0.5) is 11.4 Å². The van der Waals surface area contributed by atoms with E-state index in [1.165, 1.54) is 16.4 Å². The standard InChI is InChI=1S/C22H23N7O2S/c1-4-16-20(14-9-11-15(31-3)12-10-14)21(24-18-8-6-5-7-17(18)23-16)25-19(30)13-32-22-26-27-28-29(22)2/h5-12,20H,4,13H2,1-3H3,(H,24,25,30)/t20-/m0/s1. The summed E-state index contributed by atoms with van der Waals surface area (Å²) in [5.41, 5.74) is 3.40. The number of nitrogens with one attached hydrogen (secondary N) is 1. The Hall–Kier alpha value is -3.53. The molecule has 1 aliphatic rings. The second kappa shape index (κ2) is 9.73. The number of fused-ring (bicyclic) bond motifs is 1. The summed E-state index contributed by atoms with van der Waals surface area (Å²) >= 11 is 1.26. The zero-order chi connectivity index (χ0) is 22.5. The summed E-state index contributed by atoms with van der Waals surface area (Å²) in [4.78, 5) is 22.6. The summed E-state index contributed by atoms with van der Waals surface area (Å²) in [6, 6.07) is 15.4. The highest BCUT2D eigenvalue weighted by atomic mass is 32.2. The van der Waals surface area contributed by atoms with Crippen LogP contribution in [0.1, 0.15) is 24.8 Å². The number of ether oxygens (including phenoxy) is 1. The molecule has 0 bridgehead atoms. The number of benzene rings is 2. The van der Waals surface area contributed by atoms with Crippen LogP contribution >= 0.6 is 11.8 Å². The molecule has 32 heavy (non-hydrogen) atoms. The highest BCUT2D eigenvalue weighted by Crippen LogP contribution is 2.35. The Morgan fingerprint density at radius 3 is 2.47 bits per heavy atom. The van der Waals surface area contributed by atoms with Crippen LogP contribution in [-0.4, -0.2) is 50.5 Å². The lowest BCUT2D eigenvalue weighted by Gasteiger charge is -2.21. The molecule has 1 N–H and O–H groups in total. The first-order valence-electron chi connectivity index (χ1n) is 10.1. The Balaban J connectivity index is 1.67. The van der Waals surface area contributed by atoms with Crippen LogP contribution < -0.4 is 10.1 Å². The number of methoxy groups -OCH3 is 1. The van der Waals surface area contributed by atoms with E-state index in [1.54, 1.807) is 14.2 Å². The maximum absolute atomic E-state index is 12.9. The number of amidine groups is 1. The second-order valence-electron chi connectivity index (χ2n) is 7.07. The van der Waals surface area contributed by atoms with E-state index in [-0.39, 0.29) is 17.6 Å². The van der Waals surface area contributed by atoms with Crippen LogP contribution in [-0.2, 0) is 11.8 Å². The third kappa shape index (κ3) is 4.70. The molecule has 1 amide bonds. The Morgan fingerprint density at radius 2 is 1.84 bits per heavy atom. The van der Waals surface area contributed by atoms with Gasteiger partial charge in [0.1, 0.15) is 11.6 Å². The minimum absolute atomic E-state index is 0.156. The molecule has 164 valence electrons. The van der Waals surface area contributed by atoms with Gasteiger partial charge < -0.3 is 10.1 Å². The number of thioether (sulfide) groups is 1. The molecule has 0 saturated carbocycles. The number of nitrogens with zero attached hydrogens (tertiary/aromatic N) is 6. The van der Waals surface area contributed by atoms with Crippen LogP contribution in [0, 0.1) is 0 Å². The van der Waals surface area contributed by atoms with Gasteiger partial charge in [-0.25, -0.2) is 9.67 Å². The predicted molar refractivity (Wildman–Crippen MR) is 124 cm³/mol. The van der Waals surface area contributed by atoms with Crippen molar-refractivity contribution in [2.45, 2.75) is 24.4 Å². The summed E-state index contributed by atoms with van der Waals surface area (Å²) < 4.78 is 6.83. The number of amides is 1. The fourth-order valence-electron chi connectivity index (χ4n) is 3.41. The SMILES string of the molecule is CCC1=Nc2ccccc2N=C(NC(=O)CSc2nnnn2C)[C@H]1c1ccc(OC)cc1. The van der Waals surface area contributed by atoms with Gasteiger partial charge in [-0.3, -0.25) is 9.79 Å². The van der Waals surface area contributed by atoms with Crippen molar-refractivity contribution in [1.82, 2.24) is 25.5 Å². The largest absolute Gasteiger partial charge is 0.497 e. The van der Waals surface area contributed by atoms with E-state index in [1.807, 2.05) is 48.5 Å². The Bertz CT molecular complexity index is 1170. The molecule has 0 fully saturated rings. The van der Waals surface area contributed by atoms with Gasteiger partial charge in [0.05, 0.1) is 30.2 Å². The number of aryl methyl sites for hydroxylation is 1. The molecule has 1 aromatic heterocycles. The fourth-order valence-corrected chi connectivity index (χ4v) is 4.06. The molecule has 4 rings (SSSR count). The maximum atomic E-state index is 12.9. The predicted octanol–water partition coefficient (Wildman–Crippen LogP) is 3.44. The van der Waals surface area contributed by atoms with Crippen molar-refractivity contribution >= 4 is 40.6 Å². The number of tetrazole rings is 1. The van der Waals surface area contributed by atoms with Gasteiger partial charge in [-0.05, 0) is 46.7 Å². The molecule has 2 heterocycles. The second-order valence-corrected chi connectivity index (χ2v) is 8.01. The molecule has 0 spiro atoms. The zero-order valence-electron chi connectivity index (χ0n) is 18.0. The van der Waals surface area contributed by atoms with Crippen molar-refractivity contribution in [2.75, 3.05) is 12.9 Å². The molecule has 1 atom stereocenters. The lowest BCUT2D eigenvalue weighted by molar-refractivity contribution is -0.117. The van der Waals surface area contributed by atoms with Crippen molar-refractivity contribution in [1.29, 1.82) is 0 Å². The maximum Gasteiger partial charge on any atom is 0.235 e. The molecule has 9 nitrogen and oxygen atoms in total. The molecule has 0 unspecified atom stereocenters. The van der Waals surface area contributed by atoms with Gasteiger partial charge in [-0.2, -0.15) is 0 Å². The van der Waals surface area contributed by atoms with Crippen LogP contribution in [0.15, 0.2) is 63.7 Å². The van der Waals surface area contributed by atoms with Crippen molar-refractivity contribution in [2.24, 2.45) is 17.0 Å². The van der Waals surface area contributed by atoms with E-state index >= 15 is 0 Å². The van der Waals surface area contributed by atoms with Crippen molar-refractivity contribution in [3.8, 4) is 5.75 Å². The Labute approximate surface area is 190 Å². The number of carbonyl (C=O) groups is 1. The van der Waals surface area contributed by atoms with E-state index in [9.17, 15) is 4.79 Å². The molecule has 2 aromatic carbocycles. The number of aliphatic imine (C=N–C) groups is 2. The van der Waals surface area contributed by atoms with Gasteiger partial charge in [0.25, 0.3) is 0 Å². The van der Waals surface area contributed by atoms with E-state index in [0.717, 1.165) is 28.4 Å². The van der Waals surface area contributed by atoms with Crippen LogP contribution in [0.3, 0.4) is 0 Å². The molecule has 0 radical (unpaired) electrons. The van der Waals surface area contributed by atoms with Gasteiger partial charge in [-0.1, -0.05) is 43.0 Å².